The van der Waals surface area contributed by atoms with Crippen LogP contribution in [0.4, 0.5) is 18.9 Å². The molecule has 1 aromatic rings. The number of ether oxygens (including phenoxy) is 1. The first kappa shape index (κ1) is 14.2. The Kier molecular flexibility index (Phi) is 4.12. The fourth-order valence-electron chi connectivity index (χ4n) is 1.23. The molecule has 0 N–H and O–H groups in total. The normalized spacial score (nSPS) is 11.1. The van der Waals surface area contributed by atoms with E-state index in [1.807, 2.05) is 0 Å². The molecule has 0 unspecified atom stereocenters. The summed E-state index contributed by atoms with van der Waals surface area (Å²) in [5.41, 5.74) is -1.59. The second-order valence-electron chi connectivity index (χ2n) is 3.01. The SMILES string of the molecule is O=C(CCl)c1c(OC(F)(F)F)cccc1[N+](=O)[O-]. The zero-order valence-electron chi connectivity index (χ0n) is 8.53. The van der Waals surface area contributed by atoms with Crippen molar-refractivity contribution >= 4 is 23.1 Å². The first-order chi connectivity index (χ1) is 8.26. The molecule has 0 aliphatic rings. The first-order valence-electron chi connectivity index (χ1n) is 4.38. The minimum absolute atomic E-state index is 0.695. The van der Waals surface area contributed by atoms with Crippen LogP contribution in [0.2, 0.25) is 0 Å². The van der Waals surface area contributed by atoms with Crippen LogP contribution in [0.3, 0.4) is 0 Å². The summed E-state index contributed by atoms with van der Waals surface area (Å²) in [6.45, 7) is 0. The molecule has 18 heavy (non-hydrogen) atoms. The van der Waals surface area contributed by atoms with E-state index in [0.29, 0.717) is 0 Å². The van der Waals surface area contributed by atoms with Gasteiger partial charge in [0.2, 0.25) is 0 Å². The lowest BCUT2D eigenvalue weighted by atomic mass is 10.1. The van der Waals surface area contributed by atoms with Crippen LogP contribution in [0.25, 0.3) is 0 Å². The maximum Gasteiger partial charge on any atom is 0.573 e. The quantitative estimate of drug-likeness (QED) is 0.369. The minimum Gasteiger partial charge on any atom is -0.405 e. The second kappa shape index (κ2) is 5.21. The average Bonchev–Trinajstić information content (AvgIpc) is 2.25. The molecule has 0 aliphatic carbocycles. The van der Waals surface area contributed by atoms with Crippen molar-refractivity contribution in [1.29, 1.82) is 0 Å². The average molecular weight is 284 g/mol. The number of benzene rings is 1. The number of hydrogen-bond acceptors (Lipinski definition) is 4. The summed E-state index contributed by atoms with van der Waals surface area (Å²) >= 11 is 5.20. The Morgan fingerprint density at radius 2 is 2.06 bits per heavy atom. The van der Waals surface area contributed by atoms with Crippen LogP contribution < -0.4 is 4.74 Å². The van der Waals surface area contributed by atoms with Crippen LogP contribution in [0, 0.1) is 10.1 Å². The Labute approximate surface area is 103 Å². The van der Waals surface area contributed by atoms with Crippen molar-refractivity contribution in [1.82, 2.24) is 0 Å². The van der Waals surface area contributed by atoms with E-state index < -0.39 is 39.9 Å². The van der Waals surface area contributed by atoms with Gasteiger partial charge in [-0.15, -0.1) is 24.8 Å². The topological polar surface area (TPSA) is 69.4 Å². The van der Waals surface area contributed by atoms with Gasteiger partial charge in [0, 0.05) is 6.07 Å². The molecule has 0 aromatic heterocycles. The Morgan fingerprint density at radius 3 is 2.50 bits per heavy atom. The lowest BCUT2D eigenvalue weighted by Gasteiger charge is -2.11. The van der Waals surface area contributed by atoms with Crippen molar-refractivity contribution in [3.8, 4) is 5.75 Å². The van der Waals surface area contributed by atoms with Gasteiger partial charge in [0.05, 0.1) is 10.8 Å². The summed E-state index contributed by atoms with van der Waals surface area (Å²) in [5.74, 6) is -2.66. The molecule has 0 spiro atoms. The van der Waals surface area contributed by atoms with E-state index in [-0.39, 0.29) is 0 Å². The fraction of sp³-hybridized carbons (Fsp3) is 0.222. The van der Waals surface area contributed by atoms with Crippen LogP contribution in [-0.2, 0) is 0 Å². The van der Waals surface area contributed by atoms with Crippen molar-refractivity contribution in [2.45, 2.75) is 6.36 Å². The highest BCUT2D eigenvalue weighted by atomic mass is 35.5. The summed E-state index contributed by atoms with van der Waals surface area (Å²) in [7, 11) is 0. The smallest absolute Gasteiger partial charge is 0.405 e. The summed E-state index contributed by atoms with van der Waals surface area (Å²) in [6, 6.07) is 2.67. The number of hydrogen-bond donors (Lipinski definition) is 0. The number of nitrogens with zero attached hydrogens (tertiary/aromatic N) is 1. The zero-order chi connectivity index (χ0) is 13.9. The largest absolute Gasteiger partial charge is 0.573 e. The molecule has 0 atom stereocenters. The zero-order valence-corrected chi connectivity index (χ0v) is 9.29. The van der Waals surface area contributed by atoms with Crippen molar-refractivity contribution in [3.05, 3.63) is 33.9 Å². The van der Waals surface area contributed by atoms with Crippen molar-refractivity contribution < 1.29 is 27.6 Å². The lowest BCUT2D eigenvalue weighted by Crippen LogP contribution is -2.20. The summed E-state index contributed by atoms with van der Waals surface area (Å²) < 4.78 is 39.8. The van der Waals surface area contributed by atoms with Gasteiger partial charge in [-0.05, 0) is 6.07 Å². The molecule has 1 aromatic carbocycles. The first-order valence-corrected chi connectivity index (χ1v) is 4.92. The molecular weight excluding hydrogens is 279 g/mol. The number of halogens is 4. The summed E-state index contributed by atoms with van der Waals surface area (Å²) in [5, 5.41) is 10.6. The highest BCUT2D eigenvalue weighted by Gasteiger charge is 2.35. The summed E-state index contributed by atoms with van der Waals surface area (Å²) in [6.07, 6.45) is -5.06. The summed E-state index contributed by atoms with van der Waals surface area (Å²) in [4.78, 5) is 21.0. The Hall–Kier alpha value is -1.83. The standard InChI is InChI=1S/C9H5ClF3NO4/c10-4-6(15)8-5(14(16)17)2-1-3-7(8)18-9(11,12)13/h1-3H,4H2. The maximum absolute atomic E-state index is 12.1. The van der Waals surface area contributed by atoms with E-state index in [1.165, 1.54) is 0 Å². The molecule has 0 aliphatic heterocycles. The third-order valence-corrected chi connectivity index (χ3v) is 2.07. The number of Topliss-reactive ketones (excluding diaryl/α,β-unsaturated/α-hetero) is 1. The fourth-order valence-corrected chi connectivity index (χ4v) is 1.36. The number of rotatable bonds is 4. The van der Waals surface area contributed by atoms with Gasteiger partial charge < -0.3 is 4.74 Å². The van der Waals surface area contributed by atoms with Crippen LogP contribution in [-0.4, -0.2) is 22.9 Å². The van der Waals surface area contributed by atoms with Crippen molar-refractivity contribution in [3.63, 3.8) is 0 Å². The van der Waals surface area contributed by atoms with Gasteiger partial charge in [-0.2, -0.15) is 0 Å². The third kappa shape index (κ3) is 3.33. The molecule has 5 nitrogen and oxygen atoms in total. The number of ketones is 1. The molecule has 1 rings (SSSR count). The molecule has 0 heterocycles. The molecule has 0 amide bonds. The third-order valence-electron chi connectivity index (χ3n) is 1.83. The maximum atomic E-state index is 12.1. The number of alkyl halides is 4. The van der Waals surface area contributed by atoms with E-state index in [2.05, 4.69) is 4.74 Å². The number of carbonyl (C=O) groups is 1. The molecule has 0 radical (unpaired) electrons. The molecule has 0 saturated carbocycles. The Morgan fingerprint density at radius 1 is 1.44 bits per heavy atom. The van der Waals surface area contributed by atoms with E-state index in [1.54, 1.807) is 0 Å². The Balaban J connectivity index is 3.37. The number of nitro groups is 1. The molecular formula is C9H5ClF3NO4. The molecule has 0 bridgehead atoms. The molecule has 0 saturated heterocycles. The van der Waals surface area contributed by atoms with Gasteiger partial charge in [-0.25, -0.2) is 0 Å². The minimum atomic E-state index is -5.06. The van der Waals surface area contributed by atoms with Crippen LogP contribution >= 0.6 is 11.6 Å². The van der Waals surface area contributed by atoms with E-state index in [4.69, 9.17) is 11.6 Å². The Bertz CT molecular complexity index is 489. The van der Waals surface area contributed by atoms with E-state index >= 15 is 0 Å². The lowest BCUT2D eigenvalue weighted by molar-refractivity contribution is -0.385. The van der Waals surface area contributed by atoms with Gasteiger partial charge in [-0.3, -0.25) is 14.9 Å². The van der Waals surface area contributed by atoms with Crippen molar-refractivity contribution in [2.75, 3.05) is 5.88 Å². The van der Waals surface area contributed by atoms with Gasteiger partial charge >= 0.3 is 6.36 Å². The second-order valence-corrected chi connectivity index (χ2v) is 3.28. The monoisotopic (exact) mass is 283 g/mol. The van der Waals surface area contributed by atoms with E-state index in [9.17, 15) is 28.1 Å². The van der Waals surface area contributed by atoms with Crippen LogP contribution in [0.5, 0.6) is 5.75 Å². The van der Waals surface area contributed by atoms with Crippen LogP contribution in [0.1, 0.15) is 10.4 Å². The van der Waals surface area contributed by atoms with Gasteiger partial charge in [0.15, 0.2) is 5.78 Å². The molecule has 98 valence electrons. The highest BCUT2D eigenvalue weighted by molar-refractivity contribution is 6.31. The molecule has 0 fully saturated rings. The van der Waals surface area contributed by atoms with E-state index in [0.717, 1.165) is 18.2 Å². The van der Waals surface area contributed by atoms with Gasteiger partial charge in [0.25, 0.3) is 5.69 Å². The van der Waals surface area contributed by atoms with Gasteiger partial charge in [0.1, 0.15) is 11.3 Å². The predicted octanol–water partition coefficient (Wildman–Crippen LogP) is 2.91. The van der Waals surface area contributed by atoms with Gasteiger partial charge in [-0.1, -0.05) is 6.07 Å². The number of carbonyl (C=O) groups excluding carboxylic acids is 1. The predicted molar refractivity (Wildman–Crippen MR) is 54.8 cm³/mol. The van der Waals surface area contributed by atoms with Crippen molar-refractivity contribution in [2.24, 2.45) is 0 Å². The number of nitro benzene ring substituents is 1. The highest BCUT2D eigenvalue weighted by Crippen LogP contribution is 2.32. The van der Waals surface area contributed by atoms with Crippen LogP contribution in [0.15, 0.2) is 18.2 Å². The molecule has 9 heteroatoms.